The van der Waals surface area contributed by atoms with Crippen molar-refractivity contribution < 1.29 is 27.5 Å². The number of carbonyl (C=O) groups is 2. The minimum absolute atomic E-state index is 0.00416. The van der Waals surface area contributed by atoms with Gasteiger partial charge in [-0.05, 0) is 55.2 Å². The summed E-state index contributed by atoms with van der Waals surface area (Å²) in [4.78, 5) is 29.4. The minimum Gasteiger partial charge on any atom is -0.406 e. The van der Waals surface area contributed by atoms with E-state index in [9.17, 15) is 22.8 Å². The van der Waals surface area contributed by atoms with Gasteiger partial charge in [-0.3, -0.25) is 9.59 Å². The average molecular weight is 433 g/mol. The smallest absolute Gasteiger partial charge is 0.406 e. The maximum Gasteiger partial charge on any atom is 0.573 e. The number of carbonyl (C=O) groups excluding carboxylic acids is 2. The molecule has 2 aromatic rings. The molecule has 164 valence electrons. The molecule has 9 heteroatoms. The minimum atomic E-state index is -4.74. The number of fused-ring (bicyclic) bond motifs is 2. The van der Waals surface area contributed by atoms with Crippen LogP contribution in [0.25, 0.3) is 0 Å². The van der Waals surface area contributed by atoms with Gasteiger partial charge in [-0.2, -0.15) is 0 Å². The van der Waals surface area contributed by atoms with E-state index in [-0.39, 0.29) is 30.3 Å². The molecule has 1 fully saturated rings. The summed E-state index contributed by atoms with van der Waals surface area (Å²) in [6.45, 7) is 0.885. The van der Waals surface area contributed by atoms with E-state index in [2.05, 4.69) is 10.1 Å². The van der Waals surface area contributed by atoms with Crippen molar-refractivity contribution in [3.05, 3.63) is 59.2 Å². The number of hydrogen-bond donors (Lipinski definition) is 1. The van der Waals surface area contributed by atoms with E-state index in [4.69, 9.17) is 0 Å². The second-order valence-electron chi connectivity index (χ2n) is 7.69. The van der Waals surface area contributed by atoms with Crippen LogP contribution in [0.2, 0.25) is 0 Å². The summed E-state index contributed by atoms with van der Waals surface area (Å²) in [7, 11) is 1.93. The molecule has 31 heavy (non-hydrogen) atoms. The van der Waals surface area contributed by atoms with Gasteiger partial charge in [0.25, 0.3) is 11.8 Å². The summed E-state index contributed by atoms with van der Waals surface area (Å²) in [5, 5.41) is 2.76. The molecule has 4 rings (SSSR count). The highest BCUT2D eigenvalue weighted by Crippen LogP contribution is 2.34. The van der Waals surface area contributed by atoms with E-state index >= 15 is 0 Å². The summed E-state index contributed by atoms with van der Waals surface area (Å²) in [6.07, 6.45) is -1.79. The molecule has 2 heterocycles. The first-order chi connectivity index (χ1) is 14.7. The van der Waals surface area contributed by atoms with Crippen LogP contribution in [-0.4, -0.2) is 42.8 Å². The quantitative estimate of drug-likeness (QED) is 0.794. The second-order valence-corrected chi connectivity index (χ2v) is 7.69. The third-order valence-electron chi connectivity index (χ3n) is 5.66. The molecule has 0 aliphatic carbocycles. The van der Waals surface area contributed by atoms with Gasteiger partial charge in [0, 0.05) is 25.7 Å². The Bertz CT molecular complexity index is 992. The lowest BCUT2D eigenvalue weighted by Crippen LogP contribution is -2.55. The van der Waals surface area contributed by atoms with E-state index in [0.29, 0.717) is 16.7 Å². The SMILES string of the molecule is CN1c2cc(C(=O)NCc3ccc(OC(F)(F)F)cc3)ccc2C(=O)N2CCCC[C@@H]21. The van der Waals surface area contributed by atoms with E-state index in [1.807, 2.05) is 16.8 Å². The lowest BCUT2D eigenvalue weighted by molar-refractivity contribution is -0.274. The number of piperidine rings is 1. The zero-order valence-corrected chi connectivity index (χ0v) is 16.9. The molecule has 1 saturated heterocycles. The molecule has 0 aromatic heterocycles. The molecule has 0 radical (unpaired) electrons. The summed E-state index contributed by atoms with van der Waals surface area (Å²) >= 11 is 0. The van der Waals surface area contributed by atoms with Crippen LogP contribution in [-0.2, 0) is 6.54 Å². The summed E-state index contributed by atoms with van der Waals surface area (Å²) < 4.78 is 40.6. The van der Waals surface area contributed by atoms with Crippen molar-refractivity contribution in [2.24, 2.45) is 0 Å². The maximum atomic E-state index is 12.8. The zero-order valence-electron chi connectivity index (χ0n) is 16.9. The third-order valence-corrected chi connectivity index (χ3v) is 5.66. The Balaban J connectivity index is 1.44. The van der Waals surface area contributed by atoms with Gasteiger partial charge < -0.3 is 19.9 Å². The summed E-state index contributed by atoms with van der Waals surface area (Å²) in [5.74, 6) is -0.655. The second kappa shape index (κ2) is 8.13. The van der Waals surface area contributed by atoms with Crippen LogP contribution in [0.3, 0.4) is 0 Å². The Morgan fingerprint density at radius 1 is 1.16 bits per heavy atom. The Morgan fingerprint density at radius 3 is 2.61 bits per heavy atom. The first kappa shape index (κ1) is 21.0. The van der Waals surface area contributed by atoms with E-state index in [1.54, 1.807) is 18.2 Å². The molecule has 0 saturated carbocycles. The van der Waals surface area contributed by atoms with Gasteiger partial charge >= 0.3 is 6.36 Å². The number of hydrogen-bond acceptors (Lipinski definition) is 4. The highest BCUT2D eigenvalue weighted by atomic mass is 19.4. The van der Waals surface area contributed by atoms with E-state index in [0.717, 1.165) is 31.5 Å². The Labute approximate surface area is 177 Å². The number of halogens is 3. The zero-order chi connectivity index (χ0) is 22.2. The standard InChI is InChI=1S/C22H22F3N3O3/c1-27-18-12-15(7-10-17(18)21(30)28-11-3-2-4-19(27)28)20(29)26-13-14-5-8-16(9-6-14)31-22(23,24)25/h5-10,12,19H,2-4,11,13H2,1H3,(H,26,29)/t19-/m1/s1. The van der Waals surface area contributed by atoms with Crippen molar-refractivity contribution in [2.75, 3.05) is 18.5 Å². The topological polar surface area (TPSA) is 61.9 Å². The van der Waals surface area contributed by atoms with Gasteiger partial charge in [-0.25, -0.2) is 0 Å². The molecule has 0 unspecified atom stereocenters. The Kier molecular flexibility index (Phi) is 5.51. The normalized spacial score (nSPS) is 18.3. The first-order valence-electron chi connectivity index (χ1n) is 10.0. The number of benzene rings is 2. The molecule has 2 aromatic carbocycles. The molecule has 0 bridgehead atoms. The molecule has 1 N–H and O–H groups in total. The molecule has 2 amide bonds. The molecular weight excluding hydrogens is 411 g/mol. The predicted octanol–water partition coefficient (Wildman–Crippen LogP) is 3.92. The lowest BCUT2D eigenvalue weighted by atomic mass is 9.97. The largest absolute Gasteiger partial charge is 0.573 e. The van der Waals surface area contributed by atoms with Crippen LogP contribution < -0.4 is 15.0 Å². The van der Waals surface area contributed by atoms with Crippen LogP contribution >= 0.6 is 0 Å². The van der Waals surface area contributed by atoms with Crippen LogP contribution in [0.4, 0.5) is 18.9 Å². The molecule has 0 spiro atoms. The van der Waals surface area contributed by atoms with Crippen molar-refractivity contribution in [1.82, 2.24) is 10.2 Å². The number of nitrogens with zero attached hydrogens (tertiary/aromatic N) is 2. The number of alkyl halides is 3. The highest BCUT2D eigenvalue weighted by Gasteiger charge is 2.37. The average Bonchev–Trinajstić information content (AvgIpc) is 2.75. The van der Waals surface area contributed by atoms with Crippen molar-refractivity contribution in [1.29, 1.82) is 0 Å². The third kappa shape index (κ3) is 4.45. The monoisotopic (exact) mass is 433 g/mol. The van der Waals surface area contributed by atoms with Gasteiger partial charge in [0.05, 0.1) is 11.3 Å². The van der Waals surface area contributed by atoms with Gasteiger partial charge in [-0.1, -0.05) is 12.1 Å². The van der Waals surface area contributed by atoms with Gasteiger partial charge in [0.1, 0.15) is 11.9 Å². The van der Waals surface area contributed by atoms with Crippen LogP contribution in [0.5, 0.6) is 5.75 Å². The highest BCUT2D eigenvalue weighted by molar-refractivity contribution is 6.04. The first-order valence-corrected chi connectivity index (χ1v) is 10.0. The lowest BCUT2D eigenvalue weighted by Gasteiger charge is -2.46. The summed E-state index contributed by atoms with van der Waals surface area (Å²) in [6, 6.07) is 10.3. The van der Waals surface area contributed by atoms with E-state index < -0.39 is 6.36 Å². The van der Waals surface area contributed by atoms with E-state index in [1.165, 1.54) is 24.3 Å². The van der Waals surface area contributed by atoms with Crippen molar-refractivity contribution in [2.45, 2.75) is 38.3 Å². The fraction of sp³-hybridized carbons (Fsp3) is 0.364. The van der Waals surface area contributed by atoms with Gasteiger partial charge in [0.15, 0.2) is 0 Å². The number of amides is 2. The van der Waals surface area contributed by atoms with Crippen LogP contribution in [0.15, 0.2) is 42.5 Å². The molecule has 6 nitrogen and oxygen atoms in total. The fourth-order valence-electron chi connectivity index (χ4n) is 4.11. The molecular formula is C22H22F3N3O3. The fourth-order valence-corrected chi connectivity index (χ4v) is 4.11. The van der Waals surface area contributed by atoms with Crippen LogP contribution in [0.1, 0.15) is 45.5 Å². The maximum absolute atomic E-state index is 12.8. The van der Waals surface area contributed by atoms with Crippen molar-refractivity contribution in [3.8, 4) is 5.75 Å². The Hall–Kier alpha value is -3.23. The van der Waals surface area contributed by atoms with Crippen molar-refractivity contribution >= 4 is 17.5 Å². The predicted molar refractivity (Wildman–Crippen MR) is 108 cm³/mol. The Morgan fingerprint density at radius 2 is 1.90 bits per heavy atom. The molecule has 1 atom stereocenters. The molecule has 2 aliphatic rings. The number of rotatable bonds is 4. The van der Waals surface area contributed by atoms with Crippen LogP contribution in [0, 0.1) is 0 Å². The number of nitrogens with one attached hydrogen (secondary N) is 1. The molecule has 2 aliphatic heterocycles. The van der Waals surface area contributed by atoms with Gasteiger partial charge in [-0.15, -0.1) is 13.2 Å². The van der Waals surface area contributed by atoms with Gasteiger partial charge in [0.2, 0.25) is 0 Å². The summed E-state index contributed by atoms with van der Waals surface area (Å²) in [5.41, 5.74) is 2.36. The number of ether oxygens (including phenoxy) is 1. The number of anilines is 1. The van der Waals surface area contributed by atoms with Crippen molar-refractivity contribution in [3.63, 3.8) is 0 Å².